The van der Waals surface area contributed by atoms with Crippen LogP contribution in [0, 0.1) is 0 Å². The second-order valence-electron chi connectivity index (χ2n) is 3.78. The van der Waals surface area contributed by atoms with Crippen LogP contribution in [0.2, 0.25) is 0 Å². The van der Waals surface area contributed by atoms with Crippen molar-refractivity contribution in [3.05, 3.63) is 59.7 Å². The molecular formula is C15H12O4. The Bertz CT molecular complexity index is 587. The predicted molar refractivity (Wildman–Crippen MR) is 69.7 cm³/mol. The average Bonchev–Trinajstić information content (AvgIpc) is 2.48. The Hall–Kier alpha value is -2.62. The molecule has 0 heterocycles. The third-order valence-electron chi connectivity index (χ3n) is 2.54. The molecule has 0 N–H and O–H groups in total. The lowest BCUT2D eigenvalue weighted by molar-refractivity contribution is 0.0598. The molecule has 0 aliphatic carbocycles. The molecule has 0 aliphatic heterocycles. The molecule has 4 heteroatoms. The van der Waals surface area contributed by atoms with Crippen LogP contribution in [-0.2, 0) is 4.74 Å². The summed E-state index contributed by atoms with van der Waals surface area (Å²) in [5, 5.41) is 0. The van der Waals surface area contributed by atoms with Gasteiger partial charge in [0.1, 0.15) is 23.3 Å². The minimum absolute atomic E-state index is 0.351. The number of hydrogen-bond donors (Lipinski definition) is 0. The first kappa shape index (κ1) is 12.8. The number of para-hydroxylation sites is 1. The molecule has 0 radical (unpaired) electrons. The summed E-state index contributed by atoms with van der Waals surface area (Å²) < 4.78 is 10.3. The maximum absolute atomic E-state index is 11.6. The van der Waals surface area contributed by atoms with Gasteiger partial charge in [-0.05, 0) is 36.4 Å². The van der Waals surface area contributed by atoms with Gasteiger partial charge in [-0.25, -0.2) is 4.79 Å². The van der Waals surface area contributed by atoms with Crippen molar-refractivity contribution in [1.82, 2.24) is 0 Å². The lowest BCUT2D eigenvalue weighted by atomic mass is 10.2. The van der Waals surface area contributed by atoms with Crippen LogP contribution < -0.4 is 4.74 Å². The van der Waals surface area contributed by atoms with Gasteiger partial charge in [0, 0.05) is 5.56 Å². The Balaban J connectivity index is 2.27. The third kappa shape index (κ3) is 2.98. The summed E-state index contributed by atoms with van der Waals surface area (Å²) in [6.07, 6.45) is 0.756. The van der Waals surface area contributed by atoms with E-state index in [1.807, 2.05) is 0 Å². The van der Waals surface area contributed by atoms with Gasteiger partial charge in [-0.15, -0.1) is 0 Å². The standard InChI is InChI=1S/C15H12O4/c1-18-15(17)13-4-2-3-5-14(13)19-12-8-6-11(10-16)7-9-12/h2-10H,1H3. The molecule has 96 valence electrons. The summed E-state index contributed by atoms with van der Waals surface area (Å²) in [4.78, 5) is 22.1. The van der Waals surface area contributed by atoms with E-state index < -0.39 is 5.97 Å². The Morgan fingerprint density at radius 2 is 1.74 bits per heavy atom. The molecule has 19 heavy (non-hydrogen) atoms. The van der Waals surface area contributed by atoms with E-state index in [1.165, 1.54) is 7.11 Å². The van der Waals surface area contributed by atoms with Gasteiger partial charge in [0.15, 0.2) is 0 Å². The van der Waals surface area contributed by atoms with Crippen LogP contribution in [0.25, 0.3) is 0 Å². The molecule has 4 nitrogen and oxygen atoms in total. The topological polar surface area (TPSA) is 52.6 Å². The molecule has 0 saturated heterocycles. The van der Waals surface area contributed by atoms with Crippen LogP contribution in [0.5, 0.6) is 11.5 Å². The van der Waals surface area contributed by atoms with Crippen molar-refractivity contribution in [3.63, 3.8) is 0 Å². The summed E-state index contributed by atoms with van der Waals surface area (Å²) in [5.74, 6) is 0.496. The molecule has 0 spiro atoms. The highest BCUT2D eigenvalue weighted by Crippen LogP contribution is 2.25. The fraction of sp³-hybridized carbons (Fsp3) is 0.0667. The fourth-order valence-corrected chi connectivity index (χ4v) is 1.58. The number of methoxy groups -OCH3 is 1. The third-order valence-corrected chi connectivity index (χ3v) is 2.54. The predicted octanol–water partition coefficient (Wildman–Crippen LogP) is 3.08. The Morgan fingerprint density at radius 1 is 1.05 bits per heavy atom. The molecule has 2 aromatic carbocycles. The highest BCUT2D eigenvalue weighted by molar-refractivity contribution is 5.92. The molecule has 0 unspecified atom stereocenters. The first-order valence-corrected chi connectivity index (χ1v) is 5.65. The molecule has 0 amide bonds. The monoisotopic (exact) mass is 256 g/mol. The second-order valence-corrected chi connectivity index (χ2v) is 3.78. The van der Waals surface area contributed by atoms with E-state index >= 15 is 0 Å². The number of esters is 1. The average molecular weight is 256 g/mol. The smallest absolute Gasteiger partial charge is 0.341 e. The lowest BCUT2D eigenvalue weighted by Crippen LogP contribution is -2.03. The zero-order chi connectivity index (χ0) is 13.7. The van der Waals surface area contributed by atoms with E-state index in [2.05, 4.69) is 4.74 Å². The number of carbonyl (C=O) groups excluding carboxylic acids is 2. The van der Waals surface area contributed by atoms with Gasteiger partial charge in [-0.3, -0.25) is 4.79 Å². The van der Waals surface area contributed by atoms with Crippen LogP contribution in [0.1, 0.15) is 20.7 Å². The minimum Gasteiger partial charge on any atom is -0.465 e. The summed E-state index contributed by atoms with van der Waals surface area (Å²) in [7, 11) is 1.32. The zero-order valence-corrected chi connectivity index (χ0v) is 10.3. The minimum atomic E-state index is -0.458. The van der Waals surface area contributed by atoms with Crippen molar-refractivity contribution < 1.29 is 19.1 Å². The van der Waals surface area contributed by atoms with E-state index in [0.717, 1.165) is 6.29 Å². The van der Waals surface area contributed by atoms with Crippen LogP contribution >= 0.6 is 0 Å². The van der Waals surface area contributed by atoms with E-state index in [0.29, 0.717) is 22.6 Å². The fourth-order valence-electron chi connectivity index (χ4n) is 1.58. The van der Waals surface area contributed by atoms with Crippen molar-refractivity contribution >= 4 is 12.3 Å². The van der Waals surface area contributed by atoms with Crippen molar-refractivity contribution in [2.75, 3.05) is 7.11 Å². The lowest BCUT2D eigenvalue weighted by Gasteiger charge is -2.09. The van der Waals surface area contributed by atoms with Gasteiger partial charge in [-0.2, -0.15) is 0 Å². The van der Waals surface area contributed by atoms with E-state index in [1.54, 1.807) is 48.5 Å². The Labute approximate surface area is 110 Å². The largest absolute Gasteiger partial charge is 0.465 e. The van der Waals surface area contributed by atoms with Gasteiger partial charge < -0.3 is 9.47 Å². The Morgan fingerprint density at radius 3 is 2.37 bits per heavy atom. The van der Waals surface area contributed by atoms with Gasteiger partial charge in [0.25, 0.3) is 0 Å². The molecule has 0 fully saturated rings. The van der Waals surface area contributed by atoms with Crippen molar-refractivity contribution in [1.29, 1.82) is 0 Å². The number of rotatable bonds is 4. The van der Waals surface area contributed by atoms with E-state index in [9.17, 15) is 9.59 Å². The first-order valence-electron chi connectivity index (χ1n) is 5.65. The van der Waals surface area contributed by atoms with Crippen LogP contribution in [0.3, 0.4) is 0 Å². The first-order chi connectivity index (χ1) is 9.24. The summed E-state index contributed by atoms with van der Waals surface area (Å²) in [6.45, 7) is 0. The van der Waals surface area contributed by atoms with Crippen LogP contribution in [0.4, 0.5) is 0 Å². The zero-order valence-electron chi connectivity index (χ0n) is 10.3. The molecule has 0 aliphatic rings. The van der Waals surface area contributed by atoms with Gasteiger partial charge >= 0.3 is 5.97 Å². The second kappa shape index (κ2) is 5.82. The maximum atomic E-state index is 11.6. The number of ether oxygens (including phenoxy) is 2. The van der Waals surface area contributed by atoms with Crippen molar-refractivity contribution in [2.24, 2.45) is 0 Å². The SMILES string of the molecule is COC(=O)c1ccccc1Oc1ccc(C=O)cc1. The number of aldehydes is 1. The van der Waals surface area contributed by atoms with E-state index in [-0.39, 0.29) is 0 Å². The molecule has 2 aromatic rings. The molecule has 0 bridgehead atoms. The molecule has 0 aromatic heterocycles. The summed E-state index contributed by atoms with van der Waals surface area (Å²) in [6, 6.07) is 13.4. The van der Waals surface area contributed by atoms with Crippen molar-refractivity contribution in [2.45, 2.75) is 0 Å². The number of benzene rings is 2. The van der Waals surface area contributed by atoms with Gasteiger partial charge in [0.05, 0.1) is 7.11 Å². The van der Waals surface area contributed by atoms with Crippen LogP contribution in [0.15, 0.2) is 48.5 Å². The summed E-state index contributed by atoms with van der Waals surface area (Å²) >= 11 is 0. The van der Waals surface area contributed by atoms with Gasteiger partial charge in [-0.1, -0.05) is 12.1 Å². The maximum Gasteiger partial charge on any atom is 0.341 e. The summed E-state index contributed by atoms with van der Waals surface area (Å²) in [5.41, 5.74) is 0.915. The number of hydrogen-bond acceptors (Lipinski definition) is 4. The normalized spacial score (nSPS) is 9.74. The van der Waals surface area contributed by atoms with Crippen molar-refractivity contribution in [3.8, 4) is 11.5 Å². The number of carbonyl (C=O) groups is 2. The molecule has 0 saturated carbocycles. The molecular weight excluding hydrogens is 244 g/mol. The highest BCUT2D eigenvalue weighted by atomic mass is 16.5. The Kier molecular flexibility index (Phi) is 3.93. The molecule has 2 rings (SSSR count). The highest BCUT2D eigenvalue weighted by Gasteiger charge is 2.12. The quantitative estimate of drug-likeness (QED) is 0.623. The van der Waals surface area contributed by atoms with E-state index in [4.69, 9.17) is 4.74 Å². The molecule has 0 atom stereocenters. The van der Waals surface area contributed by atoms with Gasteiger partial charge in [0.2, 0.25) is 0 Å². The van der Waals surface area contributed by atoms with Crippen LogP contribution in [-0.4, -0.2) is 19.4 Å².